The van der Waals surface area contributed by atoms with Gasteiger partial charge in [-0.25, -0.2) is 0 Å². The van der Waals surface area contributed by atoms with E-state index < -0.39 is 71.7 Å². The molecule has 1 saturated heterocycles. The lowest BCUT2D eigenvalue weighted by atomic mass is 9.83. The van der Waals surface area contributed by atoms with Crippen molar-refractivity contribution in [3.63, 3.8) is 0 Å². The number of anilines is 1. The van der Waals surface area contributed by atoms with Gasteiger partial charge in [0.05, 0.1) is 36.0 Å². The molecule has 10 nitrogen and oxygen atoms in total. The normalized spacial score (nSPS) is 20.0. The predicted molar refractivity (Wildman–Crippen MR) is 213 cm³/mol. The smallest absolute Gasteiger partial charge is 0.244 e. The predicted octanol–water partition coefficient (Wildman–Crippen LogP) is 6.38. The van der Waals surface area contributed by atoms with E-state index in [2.05, 4.69) is 26.3 Å². The van der Waals surface area contributed by atoms with Crippen LogP contribution in [-0.2, 0) is 19.2 Å². The summed E-state index contributed by atoms with van der Waals surface area (Å²) < 4.78 is 0. The van der Waals surface area contributed by atoms with Crippen molar-refractivity contribution in [2.75, 3.05) is 4.90 Å². The maximum Gasteiger partial charge on any atom is 0.244 e. The van der Waals surface area contributed by atoms with Crippen molar-refractivity contribution in [3.05, 3.63) is 168 Å². The number of amides is 4. The fourth-order valence-electron chi connectivity index (χ4n) is 7.46. The molecule has 4 N–H and O–H groups in total. The number of carbonyl (C=O) groups is 4. The van der Waals surface area contributed by atoms with Gasteiger partial charge in [0, 0.05) is 18.1 Å². The van der Waals surface area contributed by atoms with E-state index in [-0.39, 0.29) is 0 Å². The number of hydrogen-bond donors (Lipinski definition) is 4. The van der Waals surface area contributed by atoms with Crippen LogP contribution < -0.4 is 26.2 Å². The third-order valence-electron chi connectivity index (χ3n) is 10.4. The molecule has 5 aromatic rings. The van der Waals surface area contributed by atoms with Crippen LogP contribution in [0, 0.1) is 11.8 Å². The van der Waals surface area contributed by atoms with Crippen molar-refractivity contribution in [3.8, 4) is 0 Å². The van der Waals surface area contributed by atoms with Gasteiger partial charge in [-0.1, -0.05) is 121 Å². The highest BCUT2D eigenvalue weighted by atomic mass is 16.2. The summed E-state index contributed by atoms with van der Waals surface area (Å²) in [6.07, 6.45) is 3.13. The molecule has 0 saturated carbocycles. The molecular weight excluding hydrogens is 689 g/mol. The Morgan fingerprint density at radius 2 is 0.709 bits per heavy atom. The van der Waals surface area contributed by atoms with Crippen LogP contribution in [0.3, 0.4) is 0 Å². The van der Waals surface area contributed by atoms with Crippen LogP contribution in [0.25, 0.3) is 0 Å². The van der Waals surface area contributed by atoms with E-state index in [0.717, 1.165) is 22.3 Å². The molecule has 0 aliphatic carbocycles. The van der Waals surface area contributed by atoms with Crippen LogP contribution >= 0.6 is 0 Å². The van der Waals surface area contributed by atoms with Crippen LogP contribution in [0.2, 0.25) is 0 Å². The molecule has 282 valence electrons. The number of pyridine rings is 1. The second-order valence-electron chi connectivity index (χ2n) is 14.1. The minimum Gasteiger partial charge on any atom is -0.349 e. The lowest BCUT2D eigenvalue weighted by molar-refractivity contribution is -0.138. The van der Waals surface area contributed by atoms with Crippen molar-refractivity contribution < 1.29 is 19.2 Å². The highest BCUT2D eigenvalue weighted by Crippen LogP contribution is 2.41. The Hall–Kier alpha value is -6.29. The fourth-order valence-corrected chi connectivity index (χ4v) is 7.46. The van der Waals surface area contributed by atoms with E-state index in [0.29, 0.717) is 5.69 Å². The van der Waals surface area contributed by atoms with Crippen LogP contribution in [-0.4, -0.2) is 40.7 Å². The largest absolute Gasteiger partial charge is 0.349 e. The van der Waals surface area contributed by atoms with Gasteiger partial charge >= 0.3 is 0 Å². The Balaban J connectivity index is 1.48. The summed E-state index contributed by atoms with van der Waals surface area (Å²) in [5, 5.41) is 12.5. The van der Waals surface area contributed by atoms with Gasteiger partial charge in [-0.3, -0.25) is 24.2 Å². The zero-order valence-corrected chi connectivity index (χ0v) is 31.5. The Labute approximate surface area is 322 Å². The van der Waals surface area contributed by atoms with Gasteiger partial charge in [-0.05, 0) is 62.1 Å². The van der Waals surface area contributed by atoms with E-state index in [9.17, 15) is 19.2 Å². The first kappa shape index (κ1) is 38.4. The second-order valence-corrected chi connectivity index (χ2v) is 14.1. The molecule has 0 bridgehead atoms. The van der Waals surface area contributed by atoms with E-state index in [1.807, 2.05) is 149 Å². The molecule has 10 heteroatoms. The summed E-state index contributed by atoms with van der Waals surface area (Å²) in [6.45, 7) is 7.44. The Morgan fingerprint density at radius 1 is 0.436 bits per heavy atom. The molecule has 1 fully saturated rings. The summed E-state index contributed by atoms with van der Waals surface area (Å²) in [4.78, 5) is 65.5. The second kappa shape index (κ2) is 17.7. The number of aromatic nitrogens is 1. The molecule has 1 aliphatic rings. The molecule has 0 unspecified atom stereocenters. The zero-order valence-electron chi connectivity index (χ0n) is 31.5. The minimum absolute atomic E-state index is 0.448. The first-order chi connectivity index (χ1) is 26.6. The Morgan fingerprint density at radius 3 is 1.00 bits per heavy atom. The van der Waals surface area contributed by atoms with Crippen molar-refractivity contribution >= 4 is 29.3 Å². The summed E-state index contributed by atoms with van der Waals surface area (Å²) in [5.41, 5.74) is 3.89. The SMILES string of the molecule is C[C@@H](NC(=O)[C@@H]1[C@H](C(=O)N[C@H](C)c2ccccc2)[C@@H](C(=O)N[C@H](C)c2ccccc2)N(c2ccncc2)[C@H]1C(=O)N[C@H](C)c1ccccc1)c1ccccc1. The minimum atomic E-state index is -1.30. The maximum atomic E-state index is 14.9. The molecular formula is C45H48N6O4. The van der Waals surface area contributed by atoms with Crippen LogP contribution in [0.15, 0.2) is 146 Å². The average Bonchev–Trinajstić information content (AvgIpc) is 3.59. The van der Waals surface area contributed by atoms with Crippen LogP contribution in [0.5, 0.6) is 0 Å². The van der Waals surface area contributed by atoms with Crippen molar-refractivity contribution in [1.82, 2.24) is 26.3 Å². The molecule has 1 aromatic heterocycles. The van der Waals surface area contributed by atoms with Crippen molar-refractivity contribution in [2.24, 2.45) is 11.8 Å². The number of rotatable bonds is 13. The standard InChI is InChI=1S/C45H48N6O4/c1-29(33-17-9-5-10-18-33)47-42(52)38-39(43(53)48-30(2)34-19-11-6-12-20-34)41(45(55)50-32(4)36-23-15-8-16-24-36)51(37-25-27-46-28-26-37)40(38)44(54)49-31(3)35-21-13-7-14-22-35/h5-32,38-41H,1-4H3,(H,47,52)(H,48,53)(H,49,54)(H,50,55)/t29-,30-,31-,32-,38-,39+,40-,41+/m1/s1. The number of nitrogens with zero attached hydrogens (tertiary/aromatic N) is 2. The molecule has 55 heavy (non-hydrogen) atoms. The number of hydrogen-bond acceptors (Lipinski definition) is 6. The lowest BCUT2D eigenvalue weighted by Crippen LogP contribution is -2.54. The van der Waals surface area contributed by atoms with Crippen molar-refractivity contribution in [2.45, 2.75) is 63.9 Å². The monoisotopic (exact) mass is 736 g/mol. The summed E-state index contributed by atoms with van der Waals surface area (Å²) in [6, 6.07) is 36.9. The van der Waals surface area contributed by atoms with Gasteiger partial charge in [0.2, 0.25) is 23.6 Å². The Kier molecular flexibility index (Phi) is 12.4. The van der Waals surface area contributed by atoms with E-state index >= 15 is 0 Å². The van der Waals surface area contributed by atoms with Gasteiger partial charge < -0.3 is 26.2 Å². The van der Waals surface area contributed by atoms with Gasteiger partial charge in [0.25, 0.3) is 0 Å². The van der Waals surface area contributed by atoms with Gasteiger partial charge in [0.15, 0.2) is 0 Å². The van der Waals surface area contributed by atoms with Gasteiger partial charge in [-0.15, -0.1) is 0 Å². The van der Waals surface area contributed by atoms with Crippen LogP contribution in [0.4, 0.5) is 5.69 Å². The van der Waals surface area contributed by atoms with E-state index in [4.69, 9.17) is 0 Å². The van der Waals surface area contributed by atoms with Crippen molar-refractivity contribution in [1.29, 1.82) is 0 Å². The zero-order chi connectivity index (χ0) is 38.9. The lowest BCUT2D eigenvalue weighted by Gasteiger charge is -2.33. The summed E-state index contributed by atoms with van der Waals surface area (Å²) in [5.74, 6) is -4.65. The summed E-state index contributed by atoms with van der Waals surface area (Å²) >= 11 is 0. The third-order valence-corrected chi connectivity index (χ3v) is 10.4. The first-order valence-electron chi connectivity index (χ1n) is 18.7. The van der Waals surface area contributed by atoms with Gasteiger partial charge in [0.1, 0.15) is 12.1 Å². The molecule has 1 aliphatic heterocycles. The van der Waals surface area contributed by atoms with Gasteiger partial charge in [-0.2, -0.15) is 0 Å². The molecule has 0 radical (unpaired) electrons. The number of carbonyl (C=O) groups excluding carboxylic acids is 4. The number of benzene rings is 4. The topological polar surface area (TPSA) is 133 Å². The molecule has 2 heterocycles. The summed E-state index contributed by atoms with van der Waals surface area (Å²) in [7, 11) is 0. The maximum absolute atomic E-state index is 14.9. The average molecular weight is 737 g/mol. The Bertz CT molecular complexity index is 1910. The van der Waals surface area contributed by atoms with E-state index in [1.54, 1.807) is 29.4 Å². The fraction of sp³-hybridized carbons (Fsp3) is 0.267. The quantitative estimate of drug-likeness (QED) is 0.111. The molecule has 4 aromatic carbocycles. The molecule has 8 atom stereocenters. The third kappa shape index (κ3) is 8.92. The van der Waals surface area contributed by atoms with Crippen LogP contribution in [0.1, 0.15) is 74.1 Å². The highest BCUT2D eigenvalue weighted by Gasteiger charge is 2.60. The molecule has 4 amide bonds. The molecule has 0 spiro atoms. The number of nitrogens with one attached hydrogen (secondary N) is 4. The highest BCUT2D eigenvalue weighted by molar-refractivity contribution is 6.04. The van der Waals surface area contributed by atoms with E-state index in [1.165, 1.54) is 0 Å². The molecule has 6 rings (SSSR count). The first-order valence-corrected chi connectivity index (χ1v) is 18.7.